The maximum Gasteiger partial charge on any atom is 0.327 e. The van der Waals surface area contributed by atoms with Gasteiger partial charge in [0.2, 0.25) is 0 Å². The van der Waals surface area contributed by atoms with Gasteiger partial charge in [-0.25, -0.2) is 9.78 Å². The molecule has 0 atom stereocenters. The Kier molecular flexibility index (Phi) is 3.40. The lowest BCUT2D eigenvalue weighted by atomic mass is 10.2. The largest absolute Gasteiger partial charge is 0.497 e. The summed E-state index contributed by atoms with van der Waals surface area (Å²) in [6.07, 6.45) is 4.62. The fourth-order valence-corrected chi connectivity index (χ4v) is 1.43. The molecule has 0 unspecified atom stereocenters. The first-order chi connectivity index (χ1) is 8.29. The Hall–Kier alpha value is -2.30. The van der Waals surface area contributed by atoms with E-state index >= 15 is 0 Å². The van der Waals surface area contributed by atoms with Crippen LogP contribution in [0.4, 0.5) is 4.79 Å². The van der Waals surface area contributed by atoms with E-state index < -0.39 is 0 Å². The zero-order chi connectivity index (χ0) is 12.1. The first-order valence-corrected chi connectivity index (χ1v) is 5.18. The number of ether oxygens (including phenoxy) is 1. The Labute approximate surface area is 99.0 Å². The summed E-state index contributed by atoms with van der Waals surface area (Å²) in [5.41, 5.74) is 0.984. The lowest BCUT2D eigenvalue weighted by molar-refractivity contribution is 0.242. The van der Waals surface area contributed by atoms with Crippen LogP contribution in [0.3, 0.4) is 0 Å². The highest BCUT2D eigenvalue weighted by Gasteiger charge is 2.03. The average molecular weight is 231 g/mol. The number of nitrogens with zero attached hydrogens (tertiary/aromatic N) is 2. The zero-order valence-corrected chi connectivity index (χ0v) is 9.46. The smallest absolute Gasteiger partial charge is 0.327 e. The summed E-state index contributed by atoms with van der Waals surface area (Å²) < 4.78 is 6.50. The second kappa shape index (κ2) is 5.16. The highest BCUT2D eigenvalue weighted by molar-refractivity contribution is 5.76. The van der Waals surface area contributed by atoms with Crippen molar-refractivity contribution in [2.24, 2.45) is 0 Å². The van der Waals surface area contributed by atoms with Gasteiger partial charge in [-0.15, -0.1) is 0 Å². The van der Waals surface area contributed by atoms with Crippen molar-refractivity contribution < 1.29 is 9.53 Å². The molecule has 0 bridgehead atoms. The molecule has 0 radical (unpaired) electrons. The molecular weight excluding hydrogens is 218 g/mol. The molecule has 2 aromatic rings. The topological polar surface area (TPSA) is 56.1 Å². The van der Waals surface area contributed by atoms with Crippen molar-refractivity contribution in [1.82, 2.24) is 14.9 Å². The monoisotopic (exact) mass is 231 g/mol. The van der Waals surface area contributed by atoms with Crippen LogP contribution in [0, 0.1) is 0 Å². The van der Waals surface area contributed by atoms with Crippen LogP contribution in [-0.4, -0.2) is 22.7 Å². The normalized spacial score (nSPS) is 9.94. The summed E-state index contributed by atoms with van der Waals surface area (Å²) >= 11 is 0. The molecular formula is C12H13N3O2. The number of carbonyl (C=O) groups excluding carboxylic acids is 1. The number of aromatic nitrogens is 2. The number of nitrogens with one attached hydrogen (secondary N) is 1. The van der Waals surface area contributed by atoms with Gasteiger partial charge in [0.25, 0.3) is 0 Å². The number of amides is 1. The fourth-order valence-electron chi connectivity index (χ4n) is 1.43. The summed E-state index contributed by atoms with van der Waals surface area (Å²) in [7, 11) is 1.61. The van der Waals surface area contributed by atoms with E-state index in [1.807, 2.05) is 24.3 Å². The van der Waals surface area contributed by atoms with E-state index in [1.165, 1.54) is 10.9 Å². The van der Waals surface area contributed by atoms with E-state index in [-0.39, 0.29) is 6.03 Å². The molecule has 88 valence electrons. The molecule has 0 spiro atoms. The third-order valence-corrected chi connectivity index (χ3v) is 2.32. The van der Waals surface area contributed by atoms with Crippen LogP contribution in [-0.2, 0) is 6.54 Å². The van der Waals surface area contributed by atoms with Crippen molar-refractivity contribution >= 4 is 6.03 Å². The van der Waals surface area contributed by atoms with Crippen molar-refractivity contribution in [3.05, 3.63) is 48.5 Å². The van der Waals surface area contributed by atoms with Gasteiger partial charge in [-0.3, -0.25) is 4.57 Å². The molecule has 0 saturated heterocycles. The molecule has 1 aromatic carbocycles. The second-order valence-electron chi connectivity index (χ2n) is 3.48. The SMILES string of the molecule is COc1cccc(CNC(=O)n2ccnc2)c1. The van der Waals surface area contributed by atoms with Crippen molar-refractivity contribution in [1.29, 1.82) is 0 Å². The Balaban J connectivity index is 1.95. The molecule has 5 heteroatoms. The Morgan fingerprint density at radius 3 is 3.12 bits per heavy atom. The third kappa shape index (κ3) is 2.84. The van der Waals surface area contributed by atoms with Crippen LogP contribution in [0.2, 0.25) is 0 Å². The van der Waals surface area contributed by atoms with Crippen LogP contribution in [0.5, 0.6) is 5.75 Å². The third-order valence-electron chi connectivity index (χ3n) is 2.32. The van der Waals surface area contributed by atoms with Gasteiger partial charge in [-0.1, -0.05) is 12.1 Å². The maximum atomic E-state index is 11.6. The van der Waals surface area contributed by atoms with Crippen LogP contribution in [0.25, 0.3) is 0 Å². The molecule has 0 fully saturated rings. The van der Waals surface area contributed by atoms with Gasteiger partial charge in [0.1, 0.15) is 12.1 Å². The minimum Gasteiger partial charge on any atom is -0.497 e. The number of rotatable bonds is 3. The standard InChI is InChI=1S/C12H13N3O2/c1-17-11-4-2-3-10(7-11)8-14-12(16)15-6-5-13-9-15/h2-7,9H,8H2,1H3,(H,14,16). The number of carbonyl (C=O) groups is 1. The number of imidazole rings is 1. The van der Waals surface area contributed by atoms with Crippen LogP contribution in [0.1, 0.15) is 5.56 Å². The molecule has 0 aliphatic carbocycles. The molecule has 0 aliphatic heterocycles. The summed E-state index contributed by atoms with van der Waals surface area (Å²) in [6.45, 7) is 0.453. The molecule has 1 N–H and O–H groups in total. The van der Waals surface area contributed by atoms with Crippen LogP contribution < -0.4 is 10.1 Å². The minimum atomic E-state index is -0.203. The number of methoxy groups -OCH3 is 1. The lowest BCUT2D eigenvalue weighted by Gasteiger charge is -2.06. The zero-order valence-electron chi connectivity index (χ0n) is 9.46. The molecule has 1 aromatic heterocycles. The van der Waals surface area contributed by atoms with E-state index in [0.717, 1.165) is 11.3 Å². The van der Waals surface area contributed by atoms with Gasteiger partial charge in [0.15, 0.2) is 0 Å². The van der Waals surface area contributed by atoms with Gasteiger partial charge >= 0.3 is 6.03 Å². The molecule has 0 saturated carbocycles. The van der Waals surface area contributed by atoms with Crippen molar-refractivity contribution in [2.45, 2.75) is 6.54 Å². The predicted octanol–water partition coefficient (Wildman–Crippen LogP) is 1.65. The molecule has 1 amide bonds. The van der Waals surface area contributed by atoms with E-state index in [4.69, 9.17) is 4.74 Å². The maximum absolute atomic E-state index is 11.6. The lowest BCUT2D eigenvalue weighted by Crippen LogP contribution is -2.26. The Bertz CT molecular complexity index is 494. The molecule has 0 aliphatic rings. The van der Waals surface area contributed by atoms with Gasteiger partial charge in [-0.05, 0) is 17.7 Å². The van der Waals surface area contributed by atoms with Crippen LogP contribution in [0.15, 0.2) is 43.0 Å². The van der Waals surface area contributed by atoms with E-state index in [1.54, 1.807) is 19.5 Å². The van der Waals surface area contributed by atoms with E-state index in [0.29, 0.717) is 6.54 Å². The first kappa shape index (κ1) is 11.2. The number of hydrogen-bond acceptors (Lipinski definition) is 3. The Morgan fingerprint density at radius 2 is 2.41 bits per heavy atom. The van der Waals surface area contributed by atoms with Gasteiger partial charge in [-0.2, -0.15) is 0 Å². The highest BCUT2D eigenvalue weighted by Crippen LogP contribution is 2.12. The number of benzene rings is 1. The summed E-state index contributed by atoms with van der Waals surface area (Å²) in [4.78, 5) is 15.4. The van der Waals surface area contributed by atoms with E-state index in [2.05, 4.69) is 10.3 Å². The molecule has 5 nitrogen and oxygen atoms in total. The average Bonchev–Trinajstić information content (AvgIpc) is 2.90. The van der Waals surface area contributed by atoms with Gasteiger partial charge in [0.05, 0.1) is 7.11 Å². The molecule has 17 heavy (non-hydrogen) atoms. The highest BCUT2D eigenvalue weighted by atomic mass is 16.5. The Morgan fingerprint density at radius 1 is 1.53 bits per heavy atom. The van der Waals surface area contributed by atoms with Gasteiger partial charge in [0, 0.05) is 18.9 Å². The molecule has 1 heterocycles. The van der Waals surface area contributed by atoms with Gasteiger partial charge < -0.3 is 10.1 Å². The minimum absolute atomic E-state index is 0.203. The number of hydrogen-bond donors (Lipinski definition) is 1. The molecule has 2 rings (SSSR count). The second-order valence-corrected chi connectivity index (χ2v) is 3.48. The van der Waals surface area contributed by atoms with Crippen LogP contribution >= 0.6 is 0 Å². The predicted molar refractivity (Wildman–Crippen MR) is 62.9 cm³/mol. The first-order valence-electron chi connectivity index (χ1n) is 5.18. The van der Waals surface area contributed by atoms with Crippen molar-refractivity contribution in [3.8, 4) is 5.75 Å². The van der Waals surface area contributed by atoms with Crippen molar-refractivity contribution in [3.63, 3.8) is 0 Å². The fraction of sp³-hybridized carbons (Fsp3) is 0.167. The van der Waals surface area contributed by atoms with E-state index in [9.17, 15) is 4.79 Å². The summed E-state index contributed by atoms with van der Waals surface area (Å²) in [5, 5.41) is 2.78. The quantitative estimate of drug-likeness (QED) is 0.873. The van der Waals surface area contributed by atoms with Crippen molar-refractivity contribution in [2.75, 3.05) is 7.11 Å². The summed E-state index contributed by atoms with van der Waals surface area (Å²) in [5.74, 6) is 0.777. The summed E-state index contributed by atoms with van der Waals surface area (Å²) in [6, 6.07) is 7.36.